The molecule has 0 N–H and O–H groups in total. The van der Waals surface area contributed by atoms with E-state index in [0.717, 1.165) is 27.9 Å². The van der Waals surface area contributed by atoms with Crippen LogP contribution in [0.3, 0.4) is 0 Å². The lowest BCUT2D eigenvalue weighted by molar-refractivity contribution is 0.628. The second-order valence-corrected chi connectivity index (χ2v) is 5.08. The molecule has 0 radical (unpaired) electrons. The summed E-state index contributed by atoms with van der Waals surface area (Å²) in [4.78, 5) is 0. The van der Waals surface area contributed by atoms with E-state index in [9.17, 15) is 4.39 Å². The highest BCUT2D eigenvalue weighted by Gasteiger charge is 2.14. The molecule has 0 aliphatic rings. The second-order valence-electron chi connectivity index (χ2n) is 4.67. The van der Waals surface area contributed by atoms with Crippen LogP contribution < -0.4 is 0 Å². The standard InChI is InChI=1S/C16H12ClFN2/c1-10(2)13-9-14(17)15-6-7-19-20(15)16(13)11-4-3-5-12(18)8-11/h3-9H,1H2,2H3. The highest BCUT2D eigenvalue weighted by molar-refractivity contribution is 6.34. The van der Waals surface area contributed by atoms with E-state index in [1.807, 2.05) is 25.1 Å². The van der Waals surface area contributed by atoms with Crippen molar-refractivity contribution in [2.75, 3.05) is 0 Å². The molecular weight excluding hydrogens is 275 g/mol. The maximum atomic E-state index is 13.5. The fourth-order valence-corrected chi connectivity index (χ4v) is 2.54. The fraction of sp³-hybridized carbons (Fsp3) is 0.0625. The van der Waals surface area contributed by atoms with Crippen molar-refractivity contribution >= 4 is 22.7 Å². The first-order valence-corrected chi connectivity index (χ1v) is 6.54. The van der Waals surface area contributed by atoms with Crippen LogP contribution in [0.1, 0.15) is 12.5 Å². The van der Waals surface area contributed by atoms with Gasteiger partial charge in [0.05, 0.1) is 22.4 Å². The van der Waals surface area contributed by atoms with E-state index < -0.39 is 0 Å². The van der Waals surface area contributed by atoms with Crippen molar-refractivity contribution in [2.45, 2.75) is 6.92 Å². The first-order chi connectivity index (χ1) is 9.58. The molecule has 0 unspecified atom stereocenters. The van der Waals surface area contributed by atoms with Crippen molar-refractivity contribution in [3.8, 4) is 11.3 Å². The summed E-state index contributed by atoms with van der Waals surface area (Å²) in [6.07, 6.45) is 1.67. The average molecular weight is 287 g/mol. The summed E-state index contributed by atoms with van der Waals surface area (Å²) in [6.45, 7) is 5.87. The molecule has 3 aromatic rings. The second kappa shape index (κ2) is 4.76. The number of hydrogen-bond acceptors (Lipinski definition) is 1. The van der Waals surface area contributed by atoms with Crippen LogP contribution >= 0.6 is 11.6 Å². The Bertz CT molecular complexity index is 820. The van der Waals surface area contributed by atoms with Crippen molar-refractivity contribution in [2.24, 2.45) is 0 Å². The zero-order valence-corrected chi connectivity index (χ0v) is 11.7. The third-order valence-electron chi connectivity index (χ3n) is 3.18. The van der Waals surface area contributed by atoms with Gasteiger partial charge in [-0.05, 0) is 36.8 Å². The SMILES string of the molecule is C=C(C)c1cc(Cl)c2ccnn2c1-c1cccc(F)c1. The van der Waals surface area contributed by atoms with Gasteiger partial charge in [0.2, 0.25) is 0 Å². The van der Waals surface area contributed by atoms with Crippen molar-refractivity contribution in [3.63, 3.8) is 0 Å². The molecule has 2 heterocycles. The van der Waals surface area contributed by atoms with Gasteiger partial charge in [-0.1, -0.05) is 30.3 Å². The molecule has 0 aliphatic carbocycles. The lowest BCUT2D eigenvalue weighted by atomic mass is 10.0. The predicted octanol–water partition coefficient (Wildman–Crippen LogP) is 4.83. The quantitative estimate of drug-likeness (QED) is 0.660. The average Bonchev–Trinajstić information content (AvgIpc) is 2.88. The molecular formula is C16H12ClFN2. The first kappa shape index (κ1) is 12.9. The molecule has 2 aromatic heterocycles. The van der Waals surface area contributed by atoms with Gasteiger partial charge in [-0.3, -0.25) is 0 Å². The molecule has 0 aliphatic heterocycles. The Labute approximate surface area is 121 Å². The van der Waals surface area contributed by atoms with E-state index in [1.165, 1.54) is 12.1 Å². The van der Waals surface area contributed by atoms with Gasteiger partial charge in [-0.15, -0.1) is 0 Å². The third-order valence-corrected chi connectivity index (χ3v) is 3.49. The van der Waals surface area contributed by atoms with Gasteiger partial charge in [0.1, 0.15) is 5.82 Å². The van der Waals surface area contributed by atoms with Crippen LogP contribution in [0.4, 0.5) is 4.39 Å². The Kier molecular flexibility index (Phi) is 3.07. The molecule has 0 fully saturated rings. The summed E-state index contributed by atoms with van der Waals surface area (Å²) in [5.74, 6) is -0.287. The van der Waals surface area contributed by atoms with Crippen LogP contribution in [0.15, 0.2) is 49.2 Å². The van der Waals surface area contributed by atoms with Crippen molar-refractivity contribution < 1.29 is 4.39 Å². The Morgan fingerprint density at radius 1 is 1.30 bits per heavy atom. The molecule has 0 atom stereocenters. The summed E-state index contributed by atoms with van der Waals surface area (Å²) in [5, 5.41) is 4.90. The number of pyridine rings is 1. The normalized spacial score (nSPS) is 10.9. The number of aromatic nitrogens is 2. The molecule has 0 saturated heterocycles. The Balaban J connectivity index is 2.43. The highest BCUT2D eigenvalue weighted by Crippen LogP contribution is 2.33. The zero-order chi connectivity index (χ0) is 14.3. The Morgan fingerprint density at radius 2 is 2.10 bits per heavy atom. The summed E-state index contributed by atoms with van der Waals surface area (Å²) in [5.41, 5.74) is 4.03. The molecule has 0 spiro atoms. The van der Waals surface area contributed by atoms with Gasteiger partial charge in [0, 0.05) is 11.1 Å². The van der Waals surface area contributed by atoms with Crippen LogP contribution in [0.2, 0.25) is 5.02 Å². The van der Waals surface area contributed by atoms with E-state index in [4.69, 9.17) is 11.6 Å². The van der Waals surface area contributed by atoms with Gasteiger partial charge in [0.25, 0.3) is 0 Å². The number of benzene rings is 1. The zero-order valence-electron chi connectivity index (χ0n) is 10.9. The number of hydrogen-bond donors (Lipinski definition) is 0. The first-order valence-electron chi connectivity index (χ1n) is 6.16. The number of nitrogens with zero attached hydrogens (tertiary/aromatic N) is 2. The number of fused-ring (bicyclic) bond motifs is 1. The molecule has 3 rings (SSSR count). The van der Waals surface area contributed by atoms with Crippen molar-refractivity contribution in [1.29, 1.82) is 0 Å². The number of halogens is 2. The number of allylic oxidation sites excluding steroid dienone is 1. The van der Waals surface area contributed by atoms with Gasteiger partial charge >= 0.3 is 0 Å². The molecule has 0 amide bonds. The molecule has 20 heavy (non-hydrogen) atoms. The van der Waals surface area contributed by atoms with E-state index in [1.54, 1.807) is 16.8 Å². The fourth-order valence-electron chi connectivity index (χ4n) is 2.28. The maximum Gasteiger partial charge on any atom is 0.123 e. The lowest BCUT2D eigenvalue weighted by Crippen LogP contribution is -1.99. The smallest absolute Gasteiger partial charge is 0.123 e. The third kappa shape index (κ3) is 2.00. The lowest BCUT2D eigenvalue weighted by Gasteiger charge is -2.13. The van der Waals surface area contributed by atoms with Crippen LogP contribution in [0.25, 0.3) is 22.3 Å². The number of rotatable bonds is 2. The van der Waals surface area contributed by atoms with E-state index >= 15 is 0 Å². The minimum atomic E-state index is -0.287. The van der Waals surface area contributed by atoms with Crippen molar-refractivity contribution in [3.05, 3.63) is 65.6 Å². The van der Waals surface area contributed by atoms with E-state index in [2.05, 4.69) is 11.7 Å². The van der Waals surface area contributed by atoms with Crippen LogP contribution in [-0.2, 0) is 0 Å². The molecule has 2 nitrogen and oxygen atoms in total. The minimum absolute atomic E-state index is 0.287. The molecule has 0 saturated carbocycles. The van der Waals surface area contributed by atoms with Gasteiger partial charge in [0.15, 0.2) is 0 Å². The largest absolute Gasteiger partial charge is 0.231 e. The summed E-state index contributed by atoms with van der Waals surface area (Å²) < 4.78 is 15.2. The van der Waals surface area contributed by atoms with Crippen LogP contribution in [-0.4, -0.2) is 9.61 Å². The minimum Gasteiger partial charge on any atom is -0.231 e. The molecule has 100 valence electrons. The van der Waals surface area contributed by atoms with Crippen molar-refractivity contribution in [1.82, 2.24) is 9.61 Å². The van der Waals surface area contributed by atoms with Gasteiger partial charge in [-0.2, -0.15) is 5.10 Å². The monoisotopic (exact) mass is 286 g/mol. The molecule has 0 bridgehead atoms. The predicted molar refractivity (Wildman–Crippen MR) is 80.3 cm³/mol. The summed E-state index contributed by atoms with van der Waals surface area (Å²) in [7, 11) is 0. The van der Waals surface area contributed by atoms with Gasteiger partial charge < -0.3 is 0 Å². The summed E-state index contributed by atoms with van der Waals surface area (Å²) >= 11 is 6.26. The van der Waals surface area contributed by atoms with Crippen LogP contribution in [0.5, 0.6) is 0 Å². The highest BCUT2D eigenvalue weighted by atomic mass is 35.5. The summed E-state index contributed by atoms with van der Waals surface area (Å²) in [6, 6.07) is 10.1. The van der Waals surface area contributed by atoms with Crippen LogP contribution in [0, 0.1) is 5.82 Å². The Hall–Kier alpha value is -2.13. The van der Waals surface area contributed by atoms with E-state index in [-0.39, 0.29) is 5.82 Å². The van der Waals surface area contributed by atoms with E-state index in [0.29, 0.717) is 5.02 Å². The molecule has 1 aromatic carbocycles. The maximum absolute atomic E-state index is 13.5. The topological polar surface area (TPSA) is 17.3 Å². The van der Waals surface area contributed by atoms with Gasteiger partial charge in [-0.25, -0.2) is 8.91 Å². The molecule has 4 heteroatoms. The Morgan fingerprint density at radius 3 is 2.80 bits per heavy atom.